The van der Waals surface area contributed by atoms with Crippen LogP contribution >= 0.6 is 0 Å². The van der Waals surface area contributed by atoms with Gasteiger partial charge in [0.15, 0.2) is 0 Å². The number of carbonyl (C=O) groups excluding carboxylic acids is 1. The predicted octanol–water partition coefficient (Wildman–Crippen LogP) is 2.89. The van der Waals surface area contributed by atoms with E-state index >= 15 is 0 Å². The first-order chi connectivity index (χ1) is 12.0. The molecule has 0 saturated carbocycles. The minimum Gasteiger partial charge on any atom is -0.377 e. The van der Waals surface area contributed by atoms with Gasteiger partial charge in [0.05, 0.1) is 17.5 Å². The van der Waals surface area contributed by atoms with E-state index in [0.717, 1.165) is 15.4 Å². The maximum atomic E-state index is 12.7. The van der Waals surface area contributed by atoms with Gasteiger partial charge in [-0.25, -0.2) is 12.7 Å². The van der Waals surface area contributed by atoms with E-state index in [9.17, 15) is 13.2 Å². The minimum absolute atomic E-state index is 0.154. The van der Waals surface area contributed by atoms with Crippen molar-refractivity contribution in [3.05, 3.63) is 65.7 Å². The second kappa shape index (κ2) is 7.37. The Morgan fingerprint density at radius 1 is 1.08 bits per heavy atom. The fraction of sp³-hybridized carbons (Fsp3) is 0.316. The van der Waals surface area contributed by atoms with Crippen LogP contribution < -0.4 is 0 Å². The van der Waals surface area contributed by atoms with Gasteiger partial charge in [0.25, 0.3) is 10.0 Å². The van der Waals surface area contributed by atoms with E-state index in [4.69, 9.17) is 4.74 Å². The molecule has 0 radical (unpaired) electrons. The summed E-state index contributed by atoms with van der Waals surface area (Å²) in [5, 5.41) is 0. The first kappa shape index (κ1) is 17.6. The van der Waals surface area contributed by atoms with Gasteiger partial charge in [0, 0.05) is 13.0 Å². The number of sulfonamides is 1. The monoisotopic (exact) mass is 359 g/mol. The highest BCUT2D eigenvalue weighted by Crippen LogP contribution is 2.30. The van der Waals surface area contributed by atoms with E-state index in [0.29, 0.717) is 19.6 Å². The van der Waals surface area contributed by atoms with Crippen molar-refractivity contribution in [2.45, 2.75) is 37.3 Å². The van der Waals surface area contributed by atoms with Crippen molar-refractivity contribution >= 4 is 15.9 Å². The third kappa shape index (κ3) is 3.91. The highest BCUT2D eigenvalue weighted by Gasteiger charge is 2.44. The molecule has 0 spiro atoms. The average molecular weight is 359 g/mol. The summed E-state index contributed by atoms with van der Waals surface area (Å²) >= 11 is 0. The molecule has 1 aliphatic rings. The lowest BCUT2D eigenvalue weighted by atomic mass is 10.0. The summed E-state index contributed by atoms with van der Waals surface area (Å²) < 4.78 is 31.9. The molecule has 6 heteroatoms. The lowest BCUT2D eigenvalue weighted by Gasteiger charge is -2.39. The zero-order valence-corrected chi connectivity index (χ0v) is 14.9. The molecule has 2 aromatic carbocycles. The van der Waals surface area contributed by atoms with Crippen molar-refractivity contribution in [1.82, 2.24) is 4.31 Å². The summed E-state index contributed by atoms with van der Waals surface area (Å²) in [5.74, 6) is -0.353. The van der Waals surface area contributed by atoms with Gasteiger partial charge in [-0.15, -0.1) is 0 Å². The Hall–Kier alpha value is -2.18. The molecule has 25 heavy (non-hydrogen) atoms. The molecule has 1 heterocycles. The number of nitrogens with zero attached hydrogens (tertiary/aromatic N) is 1. The Morgan fingerprint density at radius 2 is 1.76 bits per heavy atom. The molecule has 0 aromatic heterocycles. The maximum absolute atomic E-state index is 12.7. The van der Waals surface area contributed by atoms with Crippen LogP contribution in [0.5, 0.6) is 0 Å². The molecule has 132 valence electrons. The normalized spacial score (nSPS) is 17.4. The molecule has 1 atom stereocenters. The number of hydrogen-bond acceptors (Lipinski definition) is 4. The van der Waals surface area contributed by atoms with Crippen LogP contribution in [0.15, 0.2) is 59.5 Å². The molecule has 0 N–H and O–H groups in total. The molecule has 3 rings (SSSR count). The molecule has 5 nitrogen and oxygen atoms in total. The number of aryl methyl sites for hydroxylation is 1. The molecule has 0 aliphatic carbocycles. The number of rotatable bonds is 7. The Labute approximate surface area is 148 Å². The van der Waals surface area contributed by atoms with E-state index in [-0.39, 0.29) is 23.3 Å². The van der Waals surface area contributed by atoms with E-state index in [2.05, 4.69) is 0 Å². The average Bonchev–Trinajstić information content (AvgIpc) is 2.58. The van der Waals surface area contributed by atoms with Crippen molar-refractivity contribution in [1.29, 1.82) is 0 Å². The molecular weight excluding hydrogens is 338 g/mol. The van der Waals surface area contributed by atoms with Gasteiger partial charge in [-0.1, -0.05) is 48.0 Å². The quantitative estimate of drug-likeness (QED) is 0.563. The second-order valence-corrected chi connectivity index (χ2v) is 8.01. The largest absolute Gasteiger partial charge is 0.377 e. The summed E-state index contributed by atoms with van der Waals surface area (Å²) in [4.78, 5) is 12.0. The lowest BCUT2D eigenvalue weighted by molar-refractivity contribution is -0.138. The summed E-state index contributed by atoms with van der Waals surface area (Å²) in [7, 11) is -3.78. The Bertz CT molecular complexity index is 831. The van der Waals surface area contributed by atoms with Gasteiger partial charge < -0.3 is 4.74 Å². The van der Waals surface area contributed by atoms with Crippen LogP contribution in [0.1, 0.15) is 24.0 Å². The van der Waals surface area contributed by atoms with Gasteiger partial charge in [0.2, 0.25) is 5.91 Å². The highest BCUT2D eigenvalue weighted by molar-refractivity contribution is 7.89. The van der Waals surface area contributed by atoms with Crippen LogP contribution in [0.25, 0.3) is 0 Å². The molecule has 1 fully saturated rings. The first-order valence-corrected chi connectivity index (χ1v) is 9.68. The molecule has 1 unspecified atom stereocenters. The van der Waals surface area contributed by atoms with Crippen LogP contribution in [-0.4, -0.2) is 31.3 Å². The van der Waals surface area contributed by atoms with E-state index in [1.807, 2.05) is 37.3 Å². The molecule has 1 saturated heterocycles. The molecule has 2 aromatic rings. The Kier molecular flexibility index (Phi) is 5.20. The fourth-order valence-corrected chi connectivity index (χ4v) is 4.44. The van der Waals surface area contributed by atoms with Crippen molar-refractivity contribution in [3.63, 3.8) is 0 Å². The van der Waals surface area contributed by atoms with Gasteiger partial charge in [-0.05, 0) is 31.0 Å². The van der Waals surface area contributed by atoms with Crippen LogP contribution in [0.2, 0.25) is 0 Å². The fourth-order valence-electron chi connectivity index (χ4n) is 2.82. The topological polar surface area (TPSA) is 63.7 Å². The number of amides is 1. The smallest absolute Gasteiger partial charge is 0.266 e. The molecule has 0 bridgehead atoms. The lowest BCUT2D eigenvalue weighted by Crippen LogP contribution is -2.55. The number of hydrogen-bond donors (Lipinski definition) is 0. The van der Waals surface area contributed by atoms with Gasteiger partial charge in [-0.2, -0.15) is 0 Å². The van der Waals surface area contributed by atoms with Crippen molar-refractivity contribution in [3.8, 4) is 0 Å². The van der Waals surface area contributed by atoms with Gasteiger partial charge in [-0.3, -0.25) is 4.79 Å². The summed E-state index contributed by atoms with van der Waals surface area (Å²) in [5.41, 5.74) is 2.04. The number of benzene rings is 2. The standard InChI is InChI=1S/C19H21NO4S/c1-15-7-9-18(10-8-15)25(22,23)20-17(13-19(20)21)11-12-24-14-16-5-3-2-4-6-16/h2-10,17H,11-14H2,1H3. The first-order valence-electron chi connectivity index (χ1n) is 8.24. The van der Waals surface area contributed by atoms with E-state index in [1.165, 1.54) is 0 Å². The molecule has 1 amide bonds. The highest BCUT2D eigenvalue weighted by atomic mass is 32.2. The zero-order valence-electron chi connectivity index (χ0n) is 14.1. The summed E-state index contributed by atoms with van der Waals surface area (Å²) in [6, 6.07) is 16.0. The van der Waals surface area contributed by atoms with Gasteiger partial charge in [0.1, 0.15) is 0 Å². The zero-order chi connectivity index (χ0) is 17.9. The summed E-state index contributed by atoms with van der Waals surface area (Å²) in [6.07, 6.45) is 0.753. The molecule has 1 aliphatic heterocycles. The maximum Gasteiger partial charge on any atom is 0.266 e. The van der Waals surface area contributed by atoms with Crippen molar-refractivity contribution in [2.75, 3.05) is 6.61 Å². The van der Waals surface area contributed by atoms with Crippen LogP contribution in [-0.2, 0) is 26.2 Å². The summed E-state index contributed by atoms with van der Waals surface area (Å²) in [6.45, 7) is 2.77. The van der Waals surface area contributed by atoms with Crippen LogP contribution in [0.4, 0.5) is 0 Å². The second-order valence-electron chi connectivity index (χ2n) is 6.19. The third-order valence-corrected chi connectivity index (χ3v) is 6.16. The number of carbonyl (C=O) groups is 1. The minimum atomic E-state index is -3.78. The van der Waals surface area contributed by atoms with E-state index in [1.54, 1.807) is 24.3 Å². The van der Waals surface area contributed by atoms with E-state index < -0.39 is 10.0 Å². The molecular formula is C19H21NO4S. The third-order valence-electron chi connectivity index (χ3n) is 4.27. The van der Waals surface area contributed by atoms with Gasteiger partial charge >= 0.3 is 0 Å². The number of β-lactam (4-membered cyclic amide) rings is 1. The van der Waals surface area contributed by atoms with Crippen molar-refractivity contribution < 1.29 is 17.9 Å². The van der Waals surface area contributed by atoms with Crippen LogP contribution in [0, 0.1) is 6.92 Å². The van der Waals surface area contributed by atoms with Crippen molar-refractivity contribution in [2.24, 2.45) is 0 Å². The SMILES string of the molecule is Cc1ccc(S(=O)(=O)N2C(=O)CC2CCOCc2ccccc2)cc1. The number of ether oxygens (including phenoxy) is 1. The Morgan fingerprint density at radius 3 is 2.40 bits per heavy atom. The predicted molar refractivity (Wildman–Crippen MR) is 94.3 cm³/mol. The Balaban J connectivity index is 1.58. The van der Waals surface area contributed by atoms with Crippen LogP contribution in [0.3, 0.4) is 0 Å².